The van der Waals surface area contributed by atoms with Crippen molar-refractivity contribution in [2.24, 2.45) is 0 Å². The lowest BCUT2D eigenvalue weighted by Crippen LogP contribution is -2.45. The van der Waals surface area contributed by atoms with E-state index in [2.05, 4.69) is 5.32 Å². The second-order valence-corrected chi connectivity index (χ2v) is 8.91. The number of carbonyl (C=O) groups excluding carboxylic acids is 2. The molecule has 8 nitrogen and oxygen atoms in total. The fraction of sp³-hybridized carbons (Fsp3) is 0.444. The molecule has 0 aromatic heterocycles. The molecule has 0 bridgehead atoms. The van der Waals surface area contributed by atoms with Crippen LogP contribution in [0.1, 0.15) is 12.5 Å². The van der Waals surface area contributed by atoms with Gasteiger partial charge in [-0.3, -0.25) is 9.59 Å². The molecule has 10 heteroatoms. The van der Waals surface area contributed by atoms with E-state index in [-0.39, 0.29) is 24.8 Å². The van der Waals surface area contributed by atoms with Crippen LogP contribution in [0, 0.1) is 0 Å². The predicted molar refractivity (Wildman–Crippen MR) is 108 cm³/mol. The van der Waals surface area contributed by atoms with E-state index < -0.39 is 27.9 Å². The predicted octanol–water partition coefficient (Wildman–Crippen LogP) is 1.09. The summed E-state index contributed by atoms with van der Waals surface area (Å²) >= 11 is 1.36. The largest absolute Gasteiger partial charge is 0.497 e. The zero-order chi connectivity index (χ0) is 20.6. The Bertz CT molecular complexity index is 808. The summed E-state index contributed by atoms with van der Waals surface area (Å²) in [5.74, 6) is 0.0665. The maximum Gasteiger partial charge on any atom is 0.325 e. The molecule has 1 aromatic rings. The van der Waals surface area contributed by atoms with Gasteiger partial charge in [0.1, 0.15) is 11.8 Å². The number of carbonyl (C=O) groups is 2. The number of rotatable bonds is 9. The topological polar surface area (TPSA) is 102 Å². The van der Waals surface area contributed by atoms with Crippen LogP contribution in [-0.4, -0.2) is 68.3 Å². The average molecular weight is 429 g/mol. The van der Waals surface area contributed by atoms with Gasteiger partial charge in [-0.25, -0.2) is 8.42 Å². The lowest BCUT2D eigenvalue weighted by Gasteiger charge is -2.21. The quantitative estimate of drug-likeness (QED) is 0.464. The Labute approximate surface area is 169 Å². The van der Waals surface area contributed by atoms with Crippen LogP contribution in [-0.2, 0) is 24.3 Å². The summed E-state index contributed by atoms with van der Waals surface area (Å²) in [7, 11) is -2.11. The van der Waals surface area contributed by atoms with E-state index in [0.29, 0.717) is 11.5 Å². The fourth-order valence-corrected chi connectivity index (χ4v) is 5.60. The molecule has 1 heterocycles. The number of thioether (sulfide) groups is 1. The maximum absolute atomic E-state index is 12.5. The van der Waals surface area contributed by atoms with Crippen molar-refractivity contribution in [2.75, 3.05) is 37.6 Å². The summed E-state index contributed by atoms with van der Waals surface area (Å²) in [5.41, 5.74) is 0.815. The Hall–Kier alpha value is -2.04. The van der Waals surface area contributed by atoms with Crippen molar-refractivity contribution in [3.8, 4) is 5.75 Å². The lowest BCUT2D eigenvalue weighted by molar-refractivity contribution is -0.146. The monoisotopic (exact) mass is 428 g/mol. The molecule has 1 amide bonds. The molecule has 1 aromatic carbocycles. The molecule has 1 aliphatic rings. The molecule has 2 rings (SSSR count). The van der Waals surface area contributed by atoms with Crippen molar-refractivity contribution < 1.29 is 27.5 Å². The summed E-state index contributed by atoms with van der Waals surface area (Å²) in [6.45, 7) is 1.82. The van der Waals surface area contributed by atoms with Crippen LogP contribution in [0.5, 0.6) is 5.75 Å². The van der Waals surface area contributed by atoms with Crippen molar-refractivity contribution >= 4 is 39.7 Å². The zero-order valence-electron chi connectivity index (χ0n) is 15.8. The van der Waals surface area contributed by atoms with Gasteiger partial charge in [-0.15, -0.1) is 11.8 Å². The highest BCUT2D eigenvalue weighted by atomic mass is 32.2. The van der Waals surface area contributed by atoms with E-state index in [1.54, 1.807) is 44.4 Å². The normalized spacial score (nSPS) is 17.6. The Balaban J connectivity index is 1.84. The number of amides is 1. The minimum Gasteiger partial charge on any atom is -0.497 e. The second-order valence-electron chi connectivity index (χ2n) is 5.87. The number of hydrogen-bond donors (Lipinski definition) is 1. The fourth-order valence-electron chi connectivity index (χ4n) is 2.49. The molecule has 1 aliphatic heterocycles. The number of sulfonamides is 1. The minimum absolute atomic E-state index is 0.0508. The minimum atomic E-state index is -3.68. The molecule has 0 radical (unpaired) electrons. The van der Waals surface area contributed by atoms with Gasteiger partial charge >= 0.3 is 5.97 Å². The number of methoxy groups -OCH3 is 1. The van der Waals surface area contributed by atoms with Crippen molar-refractivity contribution in [3.63, 3.8) is 0 Å². The number of nitrogens with one attached hydrogen (secondary N) is 1. The van der Waals surface area contributed by atoms with Gasteiger partial charge in [0.25, 0.3) is 0 Å². The van der Waals surface area contributed by atoms with Gasteiger partial charge in [-0.1, -0.05) is 12.1 Å². The van der Waals surface area contributed by atoms with E-state index in [9.17, 15) is 18.0 Å². The summed E-state index contributed by atoms with van der Waals surface area (Å²) in [6.07, 6.45) is 2.96. The molecule has 154 valence electrons. The third-order valence-corrected chi connectivity index (χ3v) is 6.95. The van der Waals surface area contributed by atoms with E-state index in [4.69, 9.17) is 9.47 Å². The van der Waals surface area contributed by atoms with Gasteiger partial charge in [0.05, 0.1) is 25.3 Å². The number of ether oxygens (including phenoxy) is 2. The molecule has 28 heavy (non-hydrogen) atoms. The van der Waals surface area contributed by atoms with Gasteiger partial charge < -0.3 is 14.8 Å². The molecular weight excluding hydrogens is 404 g/mol. The van der Waals surface area contributed by atoms with E-state index >= 15 is 0 Å². The maximum atomic E-state index is 12.5. The molecule has 1 saturated heterocycles. The van der Waals surface area contributed by atoms with Crippen molar-refractivity contribution in [1.29, 1.82) is 0 Å². The van der Waals surface area contributed by atoms with Gasteiger partial charge in [0.2, 0.25) is 15.9 Å². The van der Waals surface area contributed by atoms with Crippen LogP contribution in [0.3, 0.4) is 0 Å². The highest BCUT2D eigenvalue weighted by Crippen LogP contribution is 2.25. The molecular formula is C18H24N2O6S2. The summed E-state index contributed by atoms with van der Waals surface area (Å²) in [6, 6.07) is 6.35. The molecule has 0 spiro atoms. The third-order valence-electron chi connectivity index (χ3n) is 3.96. The third kappa shape index (κ3) is 6.25. The Morgan fingerprint density at radius 1 is 1.32 bits per heavy atom. The Kier molecular flexibility index (Phi) is 8.34. The van der Waals surface area contributed by atoms with Crippen LogP contribution in [0.15, 0.2) is 30.3 Å². The first-order valence-electron chi connectivity index (χ1n) is 8.71. The van der Waals surface area contributed by atoms with Crippen LogP contribution in [0.25, 0.3) is 6.08 Å². The first-order chi connectivity index (χ1) is 13.4. The molecule has 0 aliphatic carbocycles. The van der Waals surface area contributed by atoms with Crippen LogP contribution in [0.2, 0.25) is 0 Å². The van der Waals surface area contributed by atoms with Crippen LogP contribution in [0.4, 0.5) is 0 Å². The van der Waals surface area contributed by atoms with E-state index in [0.717, 1.165) is 9.87 Å². The van der Waals surface area contributed by atoms with Gasteiger partial charge in [-0.05, 0) is 30.7 Å². The van der Waals surface area contributed by atoms with Gasteiger partial charge in [0, 0.05) is 18.4 Å². The number of hydrogen-bond acceptors (Lipinski definition) is 7. The lowest BCUT2D eigenvalue weighted by atomic mass is 10.2. The number of benzene rings is 1. The van der Waals surface area contributed by atoms with Crippen molar-refractivity contribution in [3.05, 3.63) is 35.9 Å². The SMILES string of the molecule is CCOC(=O)C1CSCN1S(=O)(=O)CCNC(=O)/C=C/c1ccc(OC)cc1. The van der Waals surface area contributed by atoms with Crippen LogP contribution >= 0.6 is 11.8 Å². The van der Waals surface area contributed by atoms with E-state index in [1.165, 1.54) is 17.8 Å². The highest BCUT2D eigenvalue weighted by molar-refractivity contribution is 8.00. The van der Waals surface area contributed by atoms with E-state index in [1.807, 2.05) is 0 Å². The van der Waals surface area contributed by atoms with Crippen LogP contribution < -0.4 is 10.1 Å². The highest BCUT2D eigenvalue weighted by Gasteiger charge is 2.39. The Morgan fingerprint density at radius 3 is 2.68 bits per heavy atom. The first-order valence-corrected chi connectivity index (χ1v) is 11.5. The smallest absolute Gasteiger partial charge is 0.325 e. The van der Waals surface area contributed by atoms with Gasteiger partial charge in [-0.2, -0.15) is 4.31 Å². The number of esters is 1. The standard InChI is InChI=1S/C18H24N2O6S2/c1-3-26-18(22)16-12-27-13-20(16)28(23,24)11-10-19-17(21)9-6-14-4-7-15(25-2)8-5-14/h4-9,16H,3,10-13H2,1-2H3,(H,19,21)/b9-6+. The first kappa shape index (κ1) is 22.3. The zero-order valence-corrected chi connectivity index (χ0v) is 17.4. The Morgan fingerprint density at radius 2 is 2.04 bits per heavy atom. The average Bonchev–Trinajstić information content (AvgIpc) is 3.18. The van der Waals surface area contributed by atoms with Gasteiger partial charge in [0.15, 0.2) is 0 Å². The summed E-state index contributed by atoms with van der Waals surface area (Å²) in [5, 5.41) is 2.55. The molecule has 1 fully saturated rings. The van der Waals surface area contributed by atoms with Crippen molar-refractivity contribution in [2.45, 2.75) is 13.0 Å². The summed E-state index contributed by atoms with van der Waals surface area (Å²) in [4.78, 5) is 23.8. The molecule has 1 N–H and O–H groups in total. The molecule has 0 saturated carbocycles. The molecule has 1 atom stereocenters. The summed E-state index contributed by atoms with van der Waals surface area (Å²) < 4.78 is 36.1. The second kappa shape index (κ2) is 10.5. The molecule has 1 unspecified atom stereocenters. The number of nitrogens with zero attached hydrogens (tertiary/aromatic N) is 1. The van der Waals surface area contributed by atoms with Crippen molar-refractivity contribution in [1.82, 2.24) is 9.62 Å².